The topological polar surface area (TPSA) is 35.5 Å². The average Bonchev–Trinajstić information content (AvgIpc) is 2.29. The van der Waals surface area contributed by atoms with Crippen LogP contribution in [0.4, 0.5) is 0 Å². The van der Waals surface area contributed by atoms with Gasteiger partial charge in [-0.15, -0.1) is 0 Å². The Kier molecular flexibility index (Phi) is 5.06. The molecule has 0 bridgehead atoms. The second-order valence-corrected chi connectivity index (χ2v) is 11.8. The molecule has 106 valence electrons. The molecule has 0 N–H and O–H groups in total. The summed E-state index contributed by atoms with van der Waals surface area (Å²) in [6.07, 6.45) is 0.836. The van der Waals surface area contributed by atoms with E-state index in [0.717, 1.165) is 9.86 Å². The molecule has 0 heterocycles. The summed E-state index contributed by atoms with van der Waals surface area (Å²) < 4.78 is 12.3. The van der Waals surface area contributed by atoms with Gasteiger partial charge >= 0.3 is 0 Å². The third-order valence-corrected chi connectivity index (χ3v) is 9.08. The van der Waals surface area contributed by atoms with E-state index in [2.05, 4.69) is 56.5 Å². The highest BCUT2D eigenvalue weighted by atomic mass is 127. The number of benzene rings is 1. The Morgan fingerprint density at radius 2 is 1.84 bits per heavy atom. The van der Waals surface area contributed by atoms with E-state index in [9.17, 15) is 4.79 Å². The number of carbonyl (C=O) groups excluding carboxylic acids is 1. The number of halogens is 1. The highest BCUT2D eigenvalue weighted by Crippen LogP contribution is 2.39. The second kappa shape index (κ2) is 5.83. The van der Waals surface area contributed by atoms with Crippen molar-refractivity contribution in [2.45, 2.75) is 38.9 Å². The van der Waals surface area contributed by atoms with Gasteiger partial charge in [-0.2, -0.15) is 0 Å². The first-order chi connectivity index (χ1) is 8.62. The van der Waals surface area contributed by atoms with Gasteiger partial charge in [0.1, 0.15) is 11.5 Å². The molecule has 0 aliphatic carbocycles. The van der Waals surface area contributed by atoms with E-state index in [4.69, 9.17) is 9.16 Å². The number of aldehydes is 1. The molecular weight excluding hydrogens is 371 g/mol. The van der Waals surface area contributed by atoms with Gasteiger partial charge < -0.3 is 9.16 Å². The zero-order valence-electron chi connectivity index (χ0n) is 12.3. The summed E-state index contributed by atoms with van der Waals surface area (Å²) in [4.78, 5) is 11.1. The summed E-state index contributed by atoms with van der Waals surface area (Å²) in [5, 5.41) is 0.116. The molecule has 0 amide bonds. The van der Waals surface area contributed by atoms with Crippen LogP contribution >= 0.6 is 22.6 Å². The summed E-state index contributed by atoms with van der Waals surface area (Å²) in [5.41, 5.74) is 0.605. The van der Waals surface area contributed by atoms with Crippen molar-refractivity contribution in [2.24, 2.45) is 0 Å². The molecule has 0 atom stereocenters. The standard InChI is InChI=1S/C14H21IO3Si/c1-14(2,3)19(5,6)18-11-7-10(9-16)13(15)12(8-11)17-4/h7-9H,1-6H3. The van der Waals surface area contributed by atoms with Gasteiger partial charge in [0.2, 0.25) is 8.32 Å². The number of hydrogen-bond acceptors (Lipinski definition) is 3. The van der Waals surface area contributed by atoms with Crippen molar-refractivity contribution in [1.29, 1.82) is 0 Å². The molecule has 0 aliphatic rings. The Hall–Kier alpha value is -0.563. The van der Waals surface area contributed by atoms with Gasteiger partial charge in [0.15, 0.2) is 6.29 Å². The van der Waals surface area contributed by atoms with Crippen molar-refractivity contribution >= 4 is 37.2 Å². The van der Waals surface area contributed by atoms with Crippen molar-refractivity contribution in [3.8, 4) is 11.5 Å². The van der Waals surface area contributed by atoms with E-state index in [1.165, 1.54) is 0 Å². The number of rotatable bonds is 4. The normalized spacial score (nSPS) is 12.2. The van der Waals surface area contributed by atoms with E-state index in [1.54, 1.807) is 13.2 Å². The minimum atomic E-state index is -1.91. The predicted octanol–water partition coefficient (Wildman–Crippen LogP) is 4.50. The Bertz CT molecular complexity index is 478. The highest BCUT2D eigenvalue weighted by molar-refractivity contribution is 14.1. The van der Waals surface area contributed by atoms with Crippen LogP contribution in [0.15, 0.2) is 12.1 Å². The third kappa shape index (κ3) is 3.72. The first-order valence-electron chi connectivity index (χ1n) is 6.14. The van der Waals surface area contributed by atoms with E-state index in [-0.39, 0.29) is 5.04 Å². The van der Waals surface area contributed by atoms with E-state index < -0.39 is 8.32 Å². The van der Waals surface area contributed by atoms with Crippen LogP contribution in [-0.2, 0) is 0 Å². The van der Waals surface area contributed by atoms with Crippen LogP contribution in [0, 0.1) is 3.57 Å². The lowest BCUT2D eigenvalue weighted by molar-refractivity contribution is 0.112. The lowest BCUT2D eigenvalue weighted by atomic mass is 10.2. The fourth-order valence-corrected chi connectivity index (χ4v) is 3.01. The van der Waals surface area contributed by atoms with Gasteiger partial charge in [0, 0.05) is 11.6 Å². The minimum Gasteiger partial charge on any atom is -0.543 e. The maximum Gasteiger partial charge on any atom is 0.250 e. The largest absolute Gasteiger partial charge is 0.543 e. The lowest BCUT2D eigenvalue weighted by Gasteiger charge is -2.36. The molecule has 5 heteroatoms. The molecule has 0 aliphatic heterocycles. The molecule has 0 radical (unpaired) electrons. The minimum absolute atomic E-state index is 0.116. The number of carbonyl (C=O) groups is 1. The number of ether oxygens (including phenoxy) is 1. The van der Waals surface area contributed by atoms with E-state index >= 15 is 0 Å². The molecule has 0 saturated heterocycles. The molecule has 0 saturated carbocycles. The van der Waals surface area contributed by atoms with Crippen molar-refractivity contribution in [1.82, 2.24) is 0 Å². The van der Waals surface area contributed by atoms with Crippen LogP contribution in [0.3, 0.4) is 0 Å². The molecule has 0 spiro atoms. The van der Waals surface area contributed by atoms with Gasteiger partial charge in [-0.25, -0.2) is 0 Å². The van der Waals surface area contributed by atoms with Crippen LogP contribution in [-0.4, -0.2) is 21.7 Å². The monoisotopic (exact) mass is 392 g/mol. The molecule has 0 fully saturated rings. The van der Waals surface area contributed by atoms with Crippen LogP contribution in [0.25, 0.3) is 0 Å². The fourth-order valence-electron chi connectivity index (χ4n) is 1.33. The van der Waals surface area contributed by atoms with E-state index in [1.807, 2.05) is 6.07 Å². The quantitative estimate of drug-likeness (QED) is 0.430. The van der Waals surface area contributed by atoms with E-state index in [0.29, 0.717) is 17.1 Å². The summed E-state index contributed by atoms with van der Waals surface area (Å²) in [7, 11) is -0.309. The summed E-state index contributed by atoms with van der Waals surface area (Å²) in [6.45, 7) is 10.9. The number of methoxy groups -OCH3 is 1. The van der Waals surface area contributed by atoms with Gasteiger partial charge in [0.05, 0.1) is 10.7 Å². The molecule has 1 rings (SSSR count). The van der Waals surface area contributed by atoms with Gasteiger partial charge in [-0.1, -0.05) is 20.8 Å². The van der Waals surface area contributed by atoms with Crippen LogP contribution < -0.4 is 9.16 Å². The zero-order valence-corrected chi connectivity index (χ0v) is 15.5. The number of hydrogen-bond donors (Lipinski definition) is 0. The lowest BCUT2D eigenvalue weighted by Crippen LogP contribution is -2.43. The first kappa shape index (κ1) is 16.5. The zero-order chi connectivity index (χ0) is 14.8. The van der Waals surface area contributed by atoms with Crippen molar-refractivity contribution in [3.63, 3.8) is 0 Å². The summed E-state index contributed by atoms with van der Waals surface area (Å²) >= 11 is 2.11. The van der Waals surface area contributed by atoms with Crippen molar-refractivity contribution in [3.05, 3.63) is 21.3 Å². The molecule has 1 aromatic carbocycles. The SMILES string of the molecule is COc1cc(O[Si](C)(C)C(C)(C)C)cc(C=O)c1I. The first-order valence-corrected chi connectivity index (χ1v) is 10.1. The predicted molar refractivity (Wildman–Crippen MR) is 88.9 cm³/mol. The molecular formula is C14H21IO3Si. The molecule has 3 nitrogen and oxygen atoms in total. The Balaban J connectivity index is 3.19. The average molecular weight is 392 g/mol. The van der Waals surface area contributed by atoms with Gasteiger partial charge in [-0.05, 0) is 46.8 Å². The summed E-state index contributed by atoms with van der Waals surface area (Å²) in [6, 6.07) is 3.65. The maximum absolute atomic E-state index is 11.1. The molecule has 0 unspecified atom stereocenters. The maximum atomic E-state index is 11.1. The van der Waals surface area contributed by atoms with Gasteiger partial charge in [0.25, 0.3) is 0 Å². The Morgan fingerprint density at radius 3 is 2.26 bits per heavy atom. The Labute approximate surface area is 130 Å². The third-order valence-electron chi connectivity index (χ3n) is 3.57. The molecule has 0 aromatic heterocycles. The van der Waals surface area contributed by atoms with Crippen LogP contribution in [0.1, 0.15) is 31.1 Å². The second-order valence-electron chi connectivity index (χ2n) is 6.01. The Morgan fingerprint density at radius 1 is 1.26 bits per heavy atom. The molecule has 1 aromatic rings. The van der Waals surface area contributed by atoms with Crippen LogP contribution in [0.2, 0.25) is 18.1 Å². The molecule has 19 heavy (non-hydrogen) atoms. The highest BCUT2D eigenvalue weighted by Gasteiger charge is 2.39. The fraction of sp³-hybridized carbons (Fsp3) is 0.500. The van der Waals surface area contributed by atoms with Gasteiger partial charge in [-0.3, -0.25) is 4.79 Å². The van der Waals surface area contributed by atoms with Crippen LogP contribution in [0.5, 0.6) is 11.5 Å². The summed E-state index contributed by atoms with van der Waals surface area (Å²) in [5.74, 6) is 1.39. The van der Waals surface area contributed by atoms with Crippen molar-refractivity contribution in [2.75, 3.05) is 7.11 Å². The van der Waals surface area contributed by atoms with Crippen molar-refractivity contribution < 1.29 is 14.0 Å². The smallest absolute Gasteiger partial charge is 0.250 e.